The molecule has 0 heterocycles. The first-order chi connectivity index (χ1) is 20.8. The molecule has 0 aromatic heterocycles. The monoisotopic (exact) mass is 675 g/mol. The molecule has 230 valence electrons. The number of anilines is 1. The first kappa shape index (κ1) is 33.0. The molecule has 1 N–H and O–H groups in total. The van der Waals surface area contributed by atoms with Crippen molar-refractivity contribution in [1.29, 1.82) is 0 Å². The van der Waals surface area contributed by atoms with Crippen LogP contribution in [0.15, 0.2) is 119 Å². The summed E-state index contributed by atoms with van der Waals surface area (Å²) in [5.74, 6) is -0.819. The van der Waals surface area contributed by atoms with Crippen molar-refractivity contribution in [3.63, 3.8) is 0 Å². The Bertz CT molecular complexity index is 1670. The largest absolute Gasteiger partial charge is 0.350 e. The molecule has 0 bridgehead atoms. The molecule has 0 aliphatic heterocycles. The Kier molecular flexibility index (Phi) is 10.7. The van der Waals surface area contributed by atoms with Crippen molar-refractivity contribution in [3.8, 4) is 0 Å². The third kappa shape index (κ3) is 8.57. The van der Waals surface area contributed by atoms with Gasteiger partial charge in [0, 0.05) is 23.0 Å². The van der Waals surface area contributed by atoms with E-state index >= 15 is 0 Å². The van der Waals surface area contributed by atoms with Crippen LogP contribution in [-0.4, -0.2) is 43.3 Å². The van der Waals surface area contributed by atoms with Gasteiger partial charge in [0.15, 0.2) is 0 Å². The molecule has 0 aliphatic rings. The minimum absolute atomic E-state index is 0.0711. The second kappa shape index (κ2) is 14.2. The van der Waals surface area contributed by atoms with Gasteiger partial charge < -0.3 is 10.2 Å². The van der Waals surface area contributed by atoms with Crippen molar-refractivity contribution in [2.45, 2.75) is 57.1 Å². The maximum absolute atomic E-state index is 14.5. The van der Waals surface area contributed by atoms with Crippen LogP contribution in [0.3, 0.4) is 0 Å². The maximum Gasteiger partial charge on any atom is 0.264 e. The third-order valence-corrected chi connectivity index (χ3v) is 9.33. The molecular formula is C35H38BrN3O4S. The fraction of sp³-hybridized carbons (Fsp3) is 0.257. The quantitative estimate of drug-likeness (QED) is 0.196. The number of nitrogens with zero attached hydrogens (tertiary/aromatic N) is 2. The molecule has 0 radical (unpaired) electrons. The molecule has 9 heteroatoms. The molecule has 7 nitrogen and oxygen atoms in total. The van der Waals surface area contributed by atoms with E-state index in [2.05, 4.69) is 21.2 Å². The van der Waals surface area contributed by atoms with Gasteiger partial charge in [0.2, 0.25) is 11.8 Å². The molecule has 0 saturated heterocycles. The molecule has 0 aliphatic carbocycles. The first-order valence-corrected chi connectivity index (χ1v) is 16.6. The summed E-state index contributed by atoms with van der Waals surface area (Å²) in [7, 11) is -4.14. The van der Waals surface area contributed by atoms with Crippen LogP contribution in [0.25, 0.3) is 0 Å². The van der Waals surface area contributed by atoms with Crippen molar-refractivity contribution in [2.75, 3.05) is 10.8 Å². The van der Waals surface area contributed by atoms with Gasteiger partial charge in [-0.25, -0.2) is 8.42 Å². The fourth-order valence-electron chi connectivity index (χ4n) is 4.87. The topological polar surface area (TPSA) is 86.8 Å². The summed E-state index contributed by atoms with van der Waals surface area (Å²) in [5, 5.41) is 3.05. The van der Waals surface area contributed by atoms with Crippen LogP contribution in [0.1, 0.15) is 37.5 Å². The summed E-state index contributed by atoms with van der Waals surface area (Å²) in [6.45, 7) is 7.08. The molecule has 0 spiro atoms. The molecule has 0 saturated carbocycles. The summed E-state index contributed by atoms with van der Waals surface area (Å²) in [5.41, 5.74) is 2.22. The zero-order valence-corrected chi connectivity index (χ0v) is 27.8. The highest BCUT2D eigenvalue weighted by Crippen LogP contribution is 2.28. The smallest absolute Gasteiger partial charge is 0.264 e. The Morgan fingerprint density at radius 1 is 0.795 bits per heavy atom. The second-order valence-corrected chi connectivity index (χ2v) is 14.5. The van der Waals surface area contributed by atoms with Crippen LogP contribution in [-0.2, 0) is 32.6 Å². The number of hydrogen-bond donors (Lipinski definition) is 1. The van der Waals surface area contributed by atoms with Crippen LogP contribution < -0.4 is 9.62 Å². The summed E-state index contributed by atoms with van der Waals surface area (Å²) in [6, 6.07) is 31.2. The third-order valence-electron chi connectivity index (χ3n) is 7.03. The highest BCUT2D eigenvalue weighted by molar-refractivity contribution is 9.10. The predicted molar refractivity (Wildman–Crippen MR) is 179 cm³/mol. The molecule has 1 atom stereocenters. The van der Waals surface area contributed by atoms with E-state index in [0.717, 1.165) is 19.9 Å². The number of carbonyl (C=O) groups excluding carboxylic acids is 2. The van der Waals surface area contributed by atoms with Crippen LogP contribution in [0, 0.1) is 6.92 Å². The van der Waals surface area contributed by atoms with Gasteiger partial charge in [0.05, 0.1) is 10.6 Å². The van der Waals surface area contributed by atoms with E-state index in [4.69, 9.17) is 0 Å². The lowest BCUT2D eigenvalue weighted by Crippen LogP contribution is -2.56. The molecule has 4 aromatic rings. The Labute approximate surface area is 269 Å². The molecule has 0 fully saturated rings. The van der Waals surface area contributed by atoms with Gasteiger partial charge in [0.1, 0.15) is 12.6 Å². The minimum atomic E-state index is -4.14. The molecular weight excluding hydrogens is 638 g/mol. The minimum Gasteiger partial charge on any atom is -0.350 e. The lowest BCUT2D eigenvalue weighted by Gasteiger charge is -2.35. The Hall–Kier alpha value is -3.95. The second-order valence-electron chi connectivity index (χ2n) is 11.7. The summed E-state index contributed by atoms with van der Waals surface area (Å²) in [4.78, 5) is 30.0. The van der Waals surface area contributed by atoms with Crippen LogP contribution >= 0.6 is 15.9 Å². The van der Waals surface area contributed by atoms with Gasteiger partial charge in [-0.3, -0.25) is 13.9 Å². The Morgan fingerprint density at radius 2 is 1.36 bits per heavy atom. The number of amides is 2. The van der Waals surface area contributed by atoms with E-state index in [1.165, 1.54) is 17.0 Å². The number of halogens is 1. The van der Waals surface area contributed by atoms with Crippen molar-refractivity contribution in [3.05, 3.63) is 130 Å². The molecule has 2 amide bonds. The zero-order valence-electron chi connectivity index (χ0n) is 25.4. The summed E-state index contributed by atoms with van der Waals surface area (Å²) >= 11 is 3.46. The van der Waals surface area contributed by atoms with Gasteiger partial charge in [-0.15, -0.1) is 0 Å². The van der Waals surface area contributed by atoms with E-state index in [0.29, 0.717) is 11.3 Å². The van der Waals surface area contributed by atoms with Gasteiger partial charge in [-0.1, -0.05) is 94.8 Å². The molecule has 4 aromatic carbocycles. The number of hydrogen-bond acceptors (Lipinski definition) is 4. The average Bonchev–Trinajstić information content (AvgIpc) is 2.99. The van der Waals surface area contributed by atoms with Crippen LogP contribution in [0.5, 0.6) is 0 Å². The number of benzene rings is 4. The van der Waals surface area contributed by atoms with Gasteiger partial charge in [0.25, 0.3) is 10.0 Å². The Balaban J connectivity index is 1.82. The lowest BCUT2D eigenvalue weighted by atomic mass is 10.0. The van der Waals surface area contributed by atoms with Crippen LogP contribution in [0.4, 0.5) is 5.69 Å². The standard InChI is InChI=1S/C35H38BrN3O4S/c1-26-13-11-12-18-31(26)39(44(42,43)30-16-9-6-10-17-30)25-33(40)38(24-28-19-21-29(36)22-20-28)32(34(41)37-35(2,3)4)23-27-14-7-5-8-15-27/h5-22,32H,23-25H2,1-4H3,(H,37,41). The molecule has 1 unspecified atom stereocenters. The number of sulfonamides is 1. The number of aryl methyl sites for hydroxylation is 1. The summed E-state index contributed by atoms with van der Waals surface area (Å²) in [6.07, 6.45) is 0.251. The first-order valence-electron chi connectivity index (χ1n) is 14.4. The van der Waals surface area contributed by atoms with Crippen molar-refractivity contribution in [1.82, 2.24) is 10.2 Å². The summed E-state index contributed by atoms with van der Waals surface area (Å²) < 4.78 is 30.2. The van der Waals surface area contributed by atoms with Gasteiger partial charge in [-0.2, -0.15) is 0 Å². The van der Waals surface area contributed by atoms with Crippen molar-refractivity contribution >= 4 is 43.5 Å². The van der Waals surface area contributed by atoms with E-state index in [1.807, 2.05) is 94.4 Å². The highest BCUT2D eigenvalue weighted by atomic mass is 79.9. The number of nitrogens with one attached hydrogen (secondary N) is 1. The van der Waals surface area contributed by atoms with E-state index in [9.17, 15) is 18.0 Å². The van der Waals surface area contributed by atoms with Gasteiger partial charge >= 0.3 is 0 Å². The van der Waals surface area contributed by atoms with Gasteiger partial charge in [-0.05, 0) is 74.7 Å². The van der Waals surface area contributed by atoms with E-state index < -0.39 is 34.1 Å². The highest BCUT2D eigenvalue weighted by Gasteiger charge is 2.35. The molecule has 4 rings (SSSR count). The lowest BCUT2D eigenvalue weighted by molar-refractivity contribution is -0.140. The van der Waals surface area contributed by atoms with E-state index in [1.54, 1.807) is 30.3 Å². The zero-order chi connectivity index (χ0) is 31.9. The van der Waals surface area contributed by atoms with Crippen LogP contribution in [0.2, 0.25) is 0 Å². The maximum atomic E-state index is 14.5. The van der Waals surface area contributed by atoms with Crippen molar-refractivity contribution < 1.29 is 18.0 Å². The fourth-order valence-corrected chi connectivity index (χ4v) is 6.63. The number of carbonyl (C=O) groups is 2. The SMILES string of the molecule is Cc1ccccc1N(CC(=O)N(Cc1ccc(Br)cc1)C(Cc1ccccc1)C(=O)NC(C)(C)C)S(=O)(=O)c1ccccc1. The normalized spacial score (nSPS) is 12.3. The number of rotatable bonds is 11. The van der Waals surface area contributed by atoms with Crippen molar-refractivity contribution in [2.24, 2.45) is 0 Å². The molecule has 44 heavy (non-hydrogen) atoms. The number of para-hydroxylation sites is 1. The van der Waals surface area contributed by atoms with E-state index in [-0.39, 0.29) is 23.8 Å². The predicted octanol–water partition coefficient (Wildman–Crippen LogP) is 6.51. The average molecular weight is 677 g/mol. The Morgan fingerprint density at radius 3 is 1.95 bits per heavy atom.